The number of halogens is 1. The summed E-state index contributed by atoms with van der Waals surface area (Å²) in [7, 11) is -0.862. The van der Waals surface area contributed by atoms with Gasteiger partial charge in [-0.1, -0.05) is 0 Å². The third-order valence-corrected chi connectivity index (χ3v) is 4.53. The molecule has 96 valence electrons. The molecule has 5 heteroatoms. The molecule has 0 aliphatic rings. The lowest BCUT2D eigenvalue weighted by Crippen LogP contribution is -2.19. The zero-order chi connectivity index (χ0) is 13.2. The average molecular weight is 276 g/mol. The molecule has 0 aliphatic carbocycles. The van der Waals surface area contributed by atoms with Gasteiger partial charge in [-0.05, 0) is 26.8 Å². The molecule has 0 saturated heterocycles. The number of hydrogen-bond donors (Lipinski definition) is 0. The van der Waals surface area contributed by atoms with Gasteiger partial charge in [0.15, 0.2) is 5.78 Å². The molecular formula is C12H18ClNO2S. The molecule has 0 fully saturated rings. The maximum atomic E-state index is 11.6. The Labute approximate surface area is 110 Å². The molecule has 0 aromatic carbocycles. The second-order valence-electron chi connectivity index (χ2n) is 4.26. The van der Waals surface area contributed by atoms with Gasteiger partial charge in [0.1, 0.15) is 0 Å². The molecule has 0 radical (unpaired) electrons. The summed E-state index contributed by atoms with van der Waals surface area (Å²) in [4.78, 5) is 11.6. The van der Waals surface area contributed by atoms with Gasteiger partial charge in [-0.25, -0.2) is 0 Å². The number of aryl methyl sites for hydroxylation is 1. The van der Waals surface area contributed by atoms with Gasteiger partial charge in [0.25, 0.3) is 0 Å². The van der Waals surface area contributed by atoms with Gasteiger partial charge < -0.3 is 4.57 Å². The fourth-order valence-electron chi connectivity index (χ4n) is 1.80. The van der Waals surface area contributed by atoms with Gasteiger partial charge in [0.05, 0.1) is 5.88 Å². The van der Waals surface area contributed by atoms with E-state index in [1.54, 1.807) is 6.26 Å². The van der Waals surface area contributed by atoms with Crippen molar-refractivity contribution in [1.29, 1.82) is 0 Å². The molecule has 0 saturated carbocycles. The van der Waals surface area contributed by atoms with Crippen LogP contribution in [-0.2, 0) is 17.3 Å². The Balaban J connectivity index is 3.05. The standard InChI is InChI=1S/C12H18ClNO2S/c1-8-5-11(12(15)6-13)10(3)14(8)7-9(2)17(4)16/h5,9H,6-7H2,1-4H3. The van der Waals surface area contributed by atoms with Crippen molar-refractivity contribution in [3.63, 3.8) is 0 Å². The molecular weight excluding hydrogens is 258 g/mol. The number of alkyl halides is 1. The van der Waals surface area contributed by atoms with Crippen LogP contribution in [0.2, 0.25) is 0 Å². The zero-order valence-corrected chi connectivity index (χ0v) is 12.2. The van der Waals surface area contributed by atoms with Crippen molar-refractivity contribution in [3.05, 3.63) is 23.0 Å². The number of carbonyl (C=O) groups excluding carboxylic acids is 1. The lowest BCUT2D eigenvalue weighted by molar-refractivity contribution is 0.102. The summed E-state index contributed by atoms with van der Waals surface area (Å²) in [6.45, 7) is 6.45. The van der Waals surface area contributed by atoms with Crippen LogP contribution in [0, 0.1) is 13.8 Å². The first-order chi connectivity index (χ1) is 7.88. The molecule has 0 bridgehead atoms. The molecule has 0 amide bonds. The van der Waals surface area contributed by atoms with Crippen LogP contribution in [0.1, 0.15) is 28.7 Å². The van der Waals surface area contributed by atoms with Crippen LogP contribution in [0.5, 0.6) is 0 Å². The summed E-state index contributed by atoms with van der Waals surface area (Å²) in [5.74, 6) is -0.0594. The van der Waals surface area contributed by atoms with Gasteiger partial charge in [-0.2, -0.15) is 0 Å². The second kappa shape index (κ2) is 5.83. The summed E-state index contributed by atoms with van der Waals surface area (Å²) in [5.41, 5.74) is 2.59. The quantitative estimate of drug-likeness (QED) is 0.611. The third kappa shape index (κ3) is 3.19. The van der Waals surface area contributed by atoms with Gasteiger partial charge in [-0.15, -0.1) is 11.6 Å². The Morgan fingerprint density at radius 1 is 1.53 bits per heavy atom. The Bertz CT molecular complexity index is 454. The van der Waals surface area contributed by atoms with Crippen molar-refractivity contribution in [2.45, 2.75) is 32.6 Å². The summed E-state index contributed by atoms with van der Waals surface area (Å²) in [5, 5.41) is 0.0683. The van der Waals surface area contributed by atoms with Gasteiger partial charge in [-0.3, -0.25) is 9.00 Å². The molecule has 1 rings (SSSR count). The molecule has 3 nitrogen and oxygen atoms in total. The lowest BCUT2D eigenvalue weighted by atomic mass is 10.2. The first-order valence-corrected chi connectivity index (χ1v) is 7.62. The van der Waals surface area contributed by atoms with Crippen LogP contribution < -0.4 is 0 Å². The van der Waals surface area contributed by atoms with E-state index in [1.165, 1.54) is 0 Å². The number of nitrogens with zero attached hydrogens (tertiary/aromatic N) is 1. The number of ketones is 1. The minimum atomic E-state index is -0.862. The highest BCUT2D eigenvalue weighted by atomic mass is 35.5. The predicted octanol–water partition coefficient (Wildman–Crippen LogP) is 2.29. The first-order valence-electron chi connectivity index (χ1n) is 5.46. The van der Waals surface area contributed by atoms with Gasteiger partial charge >= 0.3 is 0 Å². The number of hydrogen-bond acceptors (Lipinski definition) is 2. The van der Waals surface area contributed by atoms with Crippen LogP contribution >= 0.6 is 11.6 Å². The molecule has 2 atom stereocenters. The Kier molecular flexibility index (Phi) is 4.95. The summed E-state index contributed by atoms with van der Waals surface area (Å²) < 4.78 is 13.4. The van der Waals surface area contributed by atoms with Crippen molar-refractivity contribution in [2.75, 3.05) is 12.1 Å². The molecule has 0 N–H and O–H groups in total. The van der Waals surface area contributed by atoms with Gasteiger partial charge in [0, 0.05) is 45.8 Å². The number of aromatic nitrogens is 1. The Hall–Kier alpha value is -0.610. The number of rotatable bonds is 5. The highest BCUT2D eigenvalue weighted by Crippen LogP contribution is 2.17. The minimum Gasteiger partial charge on any atom is -0.347 e. The molecule has 0 spiro atoms. The highest BCUT2D eigenvalue weighted by Gasteiger charge is 2.17. The van der Waals surface area contributed by atoms with E-state index in [0.717, 1.165) is 11.4 Å². The lowest BCUT2D eigenvalue weighted by Gasteiger charge is -2.14. The van der Waals surface area contributed by atoms with E-state index in [1.807, 2.05) is 31.4 Å². The number of Topliss-reactive ketones (excluding diaryl/α,β-unsaturated/α-hetero) is 1. The number of carbonyl (C=O) groups is 1. The van der Waals surface area contributed by atoms with E-state index in [0.29, 0.717) is 12.1 Å². The second-order valence-corrected chi connectivity index (χ2v) is 6.33. The molecule has 1 aromatic heterocycles. The molecule has 2 unspecified atom stereocenters. The van der Waals surface area contributed by atoms with Crippen LogP contribution in [0.25, 0.3) is 0 Å². The Morgan fingerprint density at radius 2 is 2.12 bits per heavy atom. The van der Waals surface area contributed by atoms with E-state index in [-0.39, 0.29) is 16.9 Å². The van der Waals surface area contributed by atoms with Crippen molar-refractivity contribution >= 4 is 28.2 Å². The van der Waals surface area contributed by atoms with Crippen LogP contribution in [-0.4, -0.2) is 31.9 Å². The van der Waals surface area contributed by atoms with Crippen LogP contribution in [0.3, 0.4) is 0 Å². The maximum absolute atomic E-state index is 11.6. The van der Waals surface area contributed by atoms with Crippen molar-refractivity contribution in [3.8, 4) is 0 Å². The van der Waals surface area contributed by atoms with Crippen molar-refractivity contribution < 1.29 is 9.00 Å². The predicted molar refractivity (Wildman–Crippen MR) is 72.5 cm³/mol. The van der Waals surface area contributed by atoms with Crippen LogP contribution in [0.4, 0.5) is 0 Å². The van der Waals surface area contributed by atoms with E-state index in [2.05, 4.69) is 0 Å². The molecule has 1 heterocycles. The fraction of sp³-hybridized carbons (Fsp3) is 0.583. The maximum Gasteiger partial charge on any atom is 0.179 e. The van der Waals surface area contributed by atoms with Crippen molar-refractivity contribution in [1.82, 2.24) is 4.57 Å². The average Bonchev–Trinajstić information content (AvgIpc) is 2.55. The largest absolute Gasteiger partial charge is 0.347 e. The Morgan fingerprint density at radius 3 is 2.59 bits per heavy atom. The van der Waals surface area contributed by atoms with E-state index >= 15 is 0 Å². The van der Waals surface area contributed by atoms with E-state index in [9.17, 15) is 9.00 Å². The van der Waals surface area contributed by atoms with Crippen LogP contribution in [0.15, 0.2) is 6.07 Å². The normalized spacial score (nSPS) is 14.6. The van der Waals surface area contributed by atoms with E-state index in [4.69, 9.17) is 11.6 Å². The smallest absolute Gasteiger partial charge is 0.179 e. The first kappa shape index (κ1) is 14.5. The highest BCUT2D eigenvalue weighted by molar-refractivity contribution is 7.84. The van der Waals surface area contributed by atoms with Crippen molar-refractivity contribution in [2.24, 2.45) is 0 Å². The third-order valence-electron chi connectivity index (χ3n) is 3.00. The monoisotopic (exact) mass is 275 g/mol. The van der Waals surface area contributed by atoms with E-state index < -0.39 is 10.8 Å². The molecule has 0 aliphatic heterocycles. The topological polar surface area (TPSA) is 39.1 Å². The summed E-state index contributed by atoms with van der Waals surface area (Å²) in [6.07, 6.45) is 1.70. The fourth-order valence-corrected chi connectivity index (χ4v) is 2.30. The SMILES string of the molecule is Cc1cc(C(=O)CCl)c(C)n1CC(C)S(C)=O. The van der Waals surface area contributed by atoms with Gasteiger partial charge in [0.2, 0.25) is 0 Å². The molecule has 17 heavy (non-hydrogen) atoms. The summed E-state index contributed by atoms with van der Waals surface area (Å²) in [6, 6.07) is 1.85. The zero-order valence-electron chi connectivity index (χ0n) is 10.6. The molecule has 1 aromatic rings. The minimum absolute atomic E-state index is 0.000441. The summed E-state index contributed by atoms with van der Waals surface area (Å²) >= 11 is 5.57.